The van der Waals surface area contributed by atoms with Crippen molar-refractivity contribution in [3.8, 4) is 6.07 Å². The van der Waals surface area contributed by atoms with Crippen molar-refractivity contribution in [2.24, 2.45) is 4.99 Å². The van der Waals surface area contributed by atoms with E-state index >= 15 is 0 Å². The number of aliphatic hydroxyl groups is 1. The van der Waals surface area contributed by atoms with Gasteiger partial charge in [0.1, 0.15) is 12.7 Å². The minimum atomic E-state index is -3.55. The van der Waals surface area contributed by atoms with Gasteiger partial charge in [0.05, 0.1) is 39.6 Å². The standard InChI is InChI=1S/C30H31ClF2N8O/c1-4-25(20-10-6-5-7-11-20)38-28-21(15-34)16-36-29-23(28)13-22(14-24(29)31)37-27(19(2)9-8-12-35-3)26-17-41(40-39-26)30(32,33)18-42/h5-14,16-17,25,27,37,39-40,42H,2,4,18H2,1,3H3,(H,36,38)/b9-8-,35-12-/t25-,27+/m1/s1. The number of allylic oxidation sites excluding steroid dienone is 1. The number of hydrazine groups is 2. The molecular weight excluding hydrogens is 562 g/mol. The Morgan fingerprint density at radius 1 is 1.31 bits per heavy atom. The molecule has 2 atom stereocenters. The summed E-state index contributed by atoms with van der Waals surface area (Å²) in [4.78, 5) is 8.35. The van der Waals surface area contributed by atoms with Crippen LogP contribution in [0.3, 0.4) is 0 Å². The summed E-state index contributed by atoms with van der Waals surface area (Å²) < 4.78 is 28.3. The van der Waals surface area contributed by atoms with E-state index in [4.69, 9.17) is 16.7 Å². The molecule has 218 valence electrons. The molecule has 0 radical (unpaired) electrons. The molecule has 42 heavy (non-hydrogen) atoms. The zero-order valence-electron chi connectivity index (χ0n) is 23.1. The third-order valence-electron chi connectivity index (χ3n) is 6.64. The second-order valence-electron chi connectivity index (χ2n) is 9.46. The molecule has 1 aromatic heterocycles. The van der Waals surface area contributed by atoms with E-state index in [0.717, 1.165) is 18.2 Å². The maximum absolute atomic E-state index is 14.2. The van der Waals surface area contributed by atoms with Crippen LogP contribution < -0.4 is 21.6 Å². The van der Waals surface area contributed by atoms with Gasteiger partial charge in [-0.25, -0.2) is 5.01 Å². The van der Waals surface area contributed by atoms with Gasteiger partial charge in [-0.15, -0.1) is 5.53 Å². The minimum Gasteiger partial charge on any atom is -0.388 e. The van der Waals surface area contributed by atoms with E-state index in [9.17, 15) is 14.0 Å². The highest BCUT2D eigenvalue weighted by atomic mass is 35.5. The lowest BCUT2D eigenvalue weighted by Gasteiger charge is -2.24. The minimum absolute atomic E-state index is 0.0877. The molecule has 0 saturated carbocycles. The fraction of sp³-hybridized carbons (Fsp3) is 0.233. The van der Waals surface area contributed by atoms with Gasteiger partial charge in [0.2, 0.25) is 0 Å². The number of halogens is 3. The Balaban J connectivity index is 1.78. The molecule has 1 aliphatic heterocycles. The molecule has 3 aromatic rings. The van der Waals surface area contributed by atoms with Crippen LogP contribution in [0.2, 0.25) is 5.02 Å². The number of nitriles is 1. The van der Waals surface area contributed by atoms with Crippen molar-refractivity contribution < 1.29 is 13.9 Å². The highest BCUT2D eigenvalue weighted by Gasteiger charge is 2.38. The number of aromatic nitrogens is 1. The van der Waals surface area contributed by atoms with Gasteiger partial charge in [-0.1, -0.05) is 61.5 Å². The van der Waals surface area contributed by atoms with E-state index in [1.165, 1.54) is 6.20 Å². The van der Waals surface area contributed by atoms with E-state index in [1.54, 1.807) is 37.5 Å². The molecule has 0 amide bonds. The molecule has 5 N–H and O–H groups in total. The SMILES string of the molecule is C=C(/C=C\C=N/C)[C@H](Nc1cc(Cl)c2ncc(C#N)c(N[C@H](CC)c3ccccc3)c2c1)C1=CN(C(F)(F)CO)NN1. The van der Waals surface area contributed by atoms with E-state index in [-0.39, 0.29) is 6.04 Å². The maximum atomic E-state index is 14.2. The number of hydrogen-bond acceptors (Lipinski definition) is 9. The summed E-state index contributed by atoms with van der Waals surface area (Å²) >= 11 is 6.70. The first kappa shape index (κ1) is 30.5. The smallest absolute Gasteiger partial charge is 0.362 e. The van der Waals surface area contributed by atoms with Gasteiger partial charge in [0, 0.05) is 36.7 Å². The first-order valence-corrected chi connectivity index (χ1v) is 13.5. The third-order valence-corrected chi connectivity index (χ3v) is 6.93. The summed E-state index contributed by atoms with van der Waals surface area (Å²) in [5.74, 6) is 0. The van der Waals surface area contributed by atoms with Crippen LogP contribution in [0.4, 0.5) is 20.2 Å². The van der Waals surface area contributed by atoms with Crippen LogP contribution in [0.1, 0.15) is 30.5 Å². The lowest BCUT2D eigenvalue weighted by molar-refractivity contribution is -0.171. The van der Waals surface area contributed by atoms with Crippen molar-refractivity contribution in [3.05, 3.63) is 101 Å². The molecule has 0 spiro atoms. The van der Waals surface area contributed by atoms with E-state index in [2.05, 4.69) is 44.2 Å². The molecule has 9 nitrogen and oxygen atoms in total. The average molecular weight is 593 g/mol. The Hall–Kier alpha value is -4.50. The van der Waals surface area contributed by atoms with Crippen LogP contribution in [0, 0.1) is 11.3 Å². The zero-order chi connectivity index (χ0) is 30.3. The molecule has 0 unspecified atom stereocenters. The number of fused-ring (bicyclic) bond motifs is 1. The normalized spacial score (nSPS) is 15.0. The number of alkyl halides is 2. The molecule has 0 fully saturated rings. The number of aliphatic hydroxyl groups excluding tert-OH is 1. The summed E-state index contributed by atoms with van der Waals surface area (Å²) in [6, 6.07) is 11.2. The number of nitrogens with zero attached hydrogens (tertiary/aromatic N) is 4. The van der Waals surface area contributed by atoms with Gasteiger partial charge in [0.25, 0.3) is 0 Å². The molecule has 0 aliphatic carbocycles. The molecule has 4 rings (SSSR count). The lowest BCUT2D eigenvalue weighted by Crippen LogP contribution is -2.50. The predicted molar refractivity (Wildman–Crippen MR) is 163 cm³/mol. The number of nitrogens with one attached hydrogen (secondary N) is 4. The van der Waals surface area contributed by atoms with Gasteiger partial charge in [-0.05, 0) is 35.8 Å². The van der Waals surface area contributed by atoms with Crippen molar-refractivity contribution in [2.75, 3.05) is 24.3 Å². The van der Waals surface area contributed by atoms with E-state index in [1.807, 2.05) is 37.3 Å². The summed E-state index contributed by atoms with van der Waals surface area (Å²) in [6.45, 7) is 4.78. The number of pyridine rings is 1. The second kappa shape index (κ2) is 13.4. The van der Waals surface area contributed by atoms with Crippen molar-refractivity contribution in [2.45, 2.75) is 31.5 Å². The van der Waals surface area contributed by atoms with Gasteiger partial charge in [-0.3, -0.25) is 9.98 Å². The number of hydrogen-bond donors (Lipinski definition) is 5. The Bertz CT molecular complexity index is 1570. The number of benzene rings is 2. The summed E-state index contributed by atoms with van der Waals surface area (Å²) in [5.41, 5.74) is 8.91. The molecule has 12 heteroatoms. The van der Waals surface area contributed by atoms with E-state index < -0.39 is 18.7 Å². The monoisotopic (exact) mass is 592 g/mol. The van der Waals surface area contributed by atoms with Gasteiger partial charge >= 0.3 is 6.05 Å². The number of anilines is 2. The first-order chi connectivity index (χ1) is 20.2. The van der Waals surface area contributed by atoms with Crippen molar-refractivity contribution in [1.29, 1.82) is 5.26 Å². The Morgan fingerprint density at radius 2 is 2.07 bits per heavy atom. The van der Waals surface area contributed by atoms with Crippen molar-refractivity contribution in [1.82, 2.24) is 21.0 Å². The van der Waals surface area contributed by atoms with Crippen LogP contribution in [0.5, 0.6) is 0 Å². The Morgan fingerprint density at radius 3 is 2.74 bits per heavy atom. The Kier molecular flexibility index (Phi) is 9.75. The predicted octanol–water partition coefficient (Wildman–Crippen LogP) is 5.67. The third kappa shape index (κ3) is 6.69. The van der Waals surface area contributed by atoms with Crippen LogP contribution >= 0.6 is 11.6 Å². The molecule has 0 bridgehead atoms. The summed E-state index contributed by atoms with van der Waals surface area (Å²) in [6.07, 6.45) is 8.32. The van der Waals surface area contributed by atoms with Crippen LogP contribution in [0.15, 0.2) is 89.9 Å². The van der Waals surface area contributed by atoms with Crippen LogP contribution in [-0.2, 0) is 0 Å². The quantitative estimate of drug-likeness (QED) is 0.104. The van der Waals surface area contributed by atoms with Gasteiger partial charge in [0.15, 0.2) is 0 Å². The molecular formula is C30H31ClF2N8O. The maximum Gasteiger partial charge on any atom is 0.362 e. The topological polar surface area (TPSA) is 121 Å². The first-order valence-electron chi connectivity index (χ1n) is 13.1. The molecule has 0 saturated heterocycles. The highest BCUT2D eigenvalue weighted by molar-refractivity contribution is 6.35. The molecule has 2 aromatic carbocycles. The number of rotatable bonds is 12. The molecule has 1 aliphatic rings. The summed E-state index contributed by atoms with van der Waals surface area (Å²) in [7, 11) is 1.62. The average Bonchev–Trinajstić information content (AvgIpc) is 3.50. The zero-order valence-corrected chi connectivity index (χ0v) is 23.8. The van der Waals surface area contributed by atoms with Crippen molar-refractivity contribution in [3.63, 3.8) is 0 Å². The fourth-order valence-corrected chi connectivity index (χ4v) is 4.75. The fourth-order valence-electron chi connectivity index (χ4n) is 4.48. The number of aliphatic imine (C=N–C) groups is 1. The molecule has 2 heterocycles. The van der Waals surface area contributed by atoms with Gasteiger partial charge < -0.3 is 21.2 Å². The Labute approximate surface area is 247 Å². The van der Waals surface area contributed by atoms with E-state index in [0.29, 0.717) is 49.1 Å². The lowest BCUT2D eigenvalue weighted by atomic mass is 10.0. The highest BCUT2D eigenvalue weighted by Crippen LogP contribution is 2.36. The largest absolute Gasteiger partial charge is 0.388 e. The van der Waals surface area contributed by atoms with Crippen LogP contribution in [-0.4, -0.2) is 47.1 Å². The van der Waals surface area contributed by atoms with Gasteiger partial charge in [-0.2, -0.15) is 14.0 Å². The van der Waals surface area contributed by atoms with Crippen molar-refractivity contribution >= 4 is 40.1 Å². The van der Waals surface area contributed by atoms with Crippen LogP contribution in [0.25, 0.3) is 10.9 Å². The summed E-state index contributed by atoms with van der Waals surface area (Å²) in [5, 5.41) is 27.3. The second-order valence-corrected chi connectivity index (χ2v) is 9.87.